The standard InChI is InChI=1S/C28H28N4O4S2/c1-35-15-14-29-23(33)17-31-24(34)18-38-27(22-9-6-16-37-22)25-26(19-7-4-3-5-8-19)30-32(28(25)31)20-10-12-21(36-2)13-11-20/h3-13,16,27H,14-15,17-18H2,1-2H3,(H,29,33)/t27-/m1/s1. The molecule has 10 heteroatoms. The monoisotopic (exact) mass is 548 g/mol. The Morgan fingerprint density at radius 2 is 1.87 bits per heavy atom. The van der Waals surface area contributed by atoms with Gasteiger partial charge in [0.25, 0.3) is 0 Å². The SMILES string of the molecule is COCCNC(=O)CN1C(=O)CS[C@H](c2cccs2)c2c(-c3ccccc3)nn(-c3ccc(OC)cc3)c21. The molecule has 0 saturated carbocycles. The molecule has 2 aromatic heterocycles. The third-order valence-corrected chi connectivity index (χ3v) is 8.51. The van der Waals surface area contributed by atoms with Gasteiger partial charge in [-0.1, -0.05) is 36.4 Å². The van der Waals surface area contributed by atoms with Crippen LogP contribution in [0.15, 0.2) is 72.1 Å². The van der Waals surface area contributed by atoms with Crippen LogP contribution in [0.25, 0.3) is 16.9 Å². The molecule has 0 saturated heterocycles. The summed E-state index contributed by atoms with van der Waals surface area (Å²) in [6.45, 7) is 0.635. The Bertz CT molecular complexity index is 1390. The van der Waals surface area contributed by atoms with Gasteiger partial charge < -0.3 is 14.8 Å². The fraction of sp³-hybridized carbons (Fsp3) is 0.250. The molecule has 4 aromatic rings. The van der Waals surface area contributed by atoms with Crippen LogP contribution in [0.5, 0.6) is 5.75 Å². The lowest BCUT2D eigenvalue weighted by Crippen LogP contribution is -2.43. The second-order valence-electron chi connectivity index (χ2n) is 8.59. The van der Waals surface area contributed by atoms with Crippen molar-refractivity contribution >= 4 is 40.7 Å². The van der Waals surface area contributed by atoms with Crippen molar-refractivity contribution in [2.45, 2.75) is 5.25 Å². The molecular formula is C28H28N4O4S2. The van der Waals surface area contributed by atoms with Gasteiger partial charge in [-0.05, 0) is 35.7 Å². The smallest absolute Gasteiger partial charge is 0.240 e. The van der Waals surface area contributed by atoms with E-state index in [2.05, 4.69) is 11.4 Å². The maximum absolute atomic E-state index is 13.6. The van der Waals surface area contributed by atoms with Crippen molar-refractivity contribution in [3.63, 3.8) is 0 Å². The number of ether oxygens (including phenoxy) is 2. The lowest BCUT2D eigenvalue weighted by Gasteiger charge is -2.23. The average molecular weight is 549 g/mol. The van der Waals surface area contributed by atoms with Gasteiger partial charge in [0, 0.05) is 29.7 Å². The van der Waals surface area contributed by atoms with E-state index in [1.807, 2.05) is 66.0 Å². The van der Waals surface area contributed by atoms with E-state index in [9.17, 15) is 9.59 Å². The number of nitrogens with one attached hydrogen (secondary N) is 1. The topological polar surface area (TPSA) is 85.7 Å². The van der Waals surface area contributed by atoms with E-state index in [1.54, 1.807) is 46.9 Å². The fourth-order valence-corrected chi connectivity index (χ4v) is 6.56. The third kappa shape index (κ3) is 5.33. The maximum atomic E-state index is 13.6. The lowest BCUT2D eigenvalue weighted by molar-refractivity contribution is -0.123. The molecule has 196 valence electrons. The first-order valence-corrected chi connectivity index (χ1v) is 14.1. The quantitative estimate of drug-likeness (QED) is 0.309. The minimum Gasteiger partial charge on any atom is -0.497 e. The molecule has 1 aliphatic rings. The molecule has 3 heterocycles. The van der Waals surface area contributed by atoms with Gasteiger partial charge in [-0.15, -0.1) is 23.1 Å². The minimum atomic E-state index is -0.260. The first-order chi connectivity index (χ1) is 18.6. The number of hydrogen-bond acceptors (Lipinski definition) is 7. The number of thiophene rings is 1. The van der Waals surface area contributed by atoms with Crippen molar-refractivity contribution in [2.24, 2.45) is 0 Å². The number of thioether (sulfide) groups is 1. The zero-order valence-electron chi connectivity index (χ0n) is 21.1. The second-order valence-corrected chi connectivity index (χ2v) is 10.7. The van der Waals surface area contributed by atoms with Crippen LogP contribution in [0.2, 0.25) is 0 Å². The Labute approximate surface area is 229 Å². The van der Waals surface area contributed by atoms with Crippen molar-refractivity contribution in [2.75, 3.05) is 44.6 Å². The molecule has 1 N–H and O–H groups in total. The average Bonchev–Trinajstić information content (AvgIpc) is 3.59. The van der Waals surface area contributed by atoms with Gasteiger partial charge in [-0.2, -0.15) is 5.10 Å². The van der Waals surface area contributed by atoms with Crippen LogP contribution in [0.3, 0.4) is 0 Å². The molecule has 2 amide bonds. The number of fused-ring (bicyclic) bond motifs is 1. The van der Waals surface area contributed by atoms with Crippen LogP contribution in [-0.2, 0) is 14.3 Å². The molecule has 5 rings (SSSR count). The second kappa shape index (κ2) is 11.8. The molecular weight excluding hydrogens is 520 g/mol. The summed E-state index contributed by atoms with van der Waals surface area (Å²) < 4.78 is 12.2. The van der Waals surface area contributed by atoms with Crippen molar-refractivity contribution < 1.29 is 19.1 Å². The predicted octanol–water partition coefficient (Wildman–Crippen LogP) is 4.54. The van der Waals surface area contributed by atoms with Crippen LogP contribution in [0.4, 0.5) is 5.82 Å². The summed E-state index contributed by atoms with van der Waals surface area (Å²) in [4.78, 5) is 29.3. The number of methoxy groups -OCH3 is 2. The zero-order chi connectivity index (χ0) is 26.5. The number of carbonyl (C=O) groups is 2. The van der Waals surface area contributed by atoms with Gasteiger partial charge in [-0.3, -0.25) is 14.5 Å². The summed E-state index contributed by atoms with van der Waals surface area (Å²) in [6.07, 6.45) is 0. The number of rotatable bonds is 9. The number of benzene rings is 2. The van der Waals surface area contributed by atoms with Crippen molar-refractivity contribution in [1.29, 1.82) is 0 Å². The van der Waals surface area contributed by atoms with Crippen molar-refractivity contribution in [1.82, 2.24) is 15.1 Å². The first-order valence-electron chi connectivity index (χ1n) is 12.1. The summed E-state index contributed by atoms with van der Waals surface area (Å²) in [6, 6.07) is 21.6. The van der Waals surface area contributed by atoms with Crippen LogP contribution >= 0.6 is 23.1 Å². The molecule has 0 aliphatic carbocycles. The maximum Gasteiger partial charge on any atom is 0.240 e. The normalized spacial score (nSPS) is 15.2. The number of nitrogens with zero attached hydrogens (tertiary/aromatic N) is 3. The molecule has 1 aliphatic heterocycles. The van der Waals surface area contributed by atoms with Gasteiger partial charge in [-0.25, -0.2) is 4.68 Å². The molecule has 8 nitrogen and oxygen atoms in total. The number of carbonyl (C=O) groups excluding carboxylic acids is 2. The van der Waals surface area contributed by atoms with Crippen LogP contribution < -0.4 is 15.0 Å². The van der Waals surface area contributed by atoms with Gasteiger partial charge in [0.2, 0.25) is 11.8 Å². The van der Waals surface area contributed by atoms with Crippen LogP contribution in [0, 0.1) is 0 Å². The van der Waals surface area contributed by atoms with E-state index in [1.165, 1.54) is 0 Å². The van der Waals surface area contributed by atoms with Crippen LogP contribution in [0.1, 0.15) is 15.7 Å². The molecule has 1 atom stereocenters. The molecule has 38 heavy (non-hydrogen) atoms. The molecule has 0 bridgehead atoms. The molecule has 0 fully saturated rings. The van der Waals surface area contributed by atoms with Gasteiger partial charge in [0.15, 0.2) is 0 Å². The highest BCUT2D eigenvalue weighted by Gasteiger charge is 2.38. The first kappa shape index (κ1) is 26.0. The third-order valence-electron chi connectivity index (χ3n) is 6.18. The summed E-state index contributed by atoms with van der Waals surface area (Å²) >= 11 is 3.21. The predicted molar refractivity (Wildman–Crippen MR) is 151 cm³/mol. The number of anilines is 1. The Balaban J connectivity index is 1.72. The molecule has 0 spiro atoms. The molecule has 2 aromatic carbocycles. The summed E-state index contributed by atoms with van der Waals surface area (Å²) in [5.74, 6) is 1.15. The highest BCUT2D eigenvalue weighted by Crippen LogP contribution is 2.49. The minimum absolute atomic E-state index is 0.122. The Morgan fingerprint density at radius 1 is 1.08 bits per heavy atom. The number of hydrogen-bond donors (Lipinski definition) is 1. The Hall–Kier alpha value is -3.60. The highest BCUT2D eigenvalue weighted by molar-refractivity contribution is 8.00. The molecule has 0 radical (unpaired) electrons. The fourth-order valence-electron chi connectivity index (χ4n) is 4.39. The Kier molecular flexibility index (Phi) is 8.11. The van der Waals surface area contributed by atoms with E-state index in [4.69, 9.17) is 14.6 Å². The van der Waals surface area contributed by atoms with Gasteiger partial charge in [0.1, 0.15) is 18.1 Å². The van der Waals surface area contributed by atoms with E-state index >= 15 is 0 Å². The summed E-state index contributed by atoms with van der Waals surface area (Å²) in [5.41, 5.74) is 3.40. The van der Waals surface area contributed by atoms with Crippen LogP contribution in [-0.4, -0.2) is 61.3 Å². The van der Waals surface area contributed by atoms with Crippen molar-refractivity contribution in [3.8, 4) is 22.7 Å². The van der Waals surface area contributed by atoms with E-state index in [-0.39, 0.29) is 29.4 Å². The van der Waals surface area contributed by atoms with Gasteiger partial charge in [0.05, 0.1) is 36.1 Å². The largest absolute Gasteiger partial charge is 0.497 e. The molecule has 0 unspecified atom stereocenters. The van der Waals surface area contributed by atoms with E-state index < -0.39 is 0 Å². The number of aromatic nitrogens is 2. The van der Waals surface area contributed by atoms with E-state index in [0.29, 0.717) is 24.7 Å². The summed E-state index contributed by atoms with van der Waals surface area (Å²) in [5, 5.41) is 9.84. The van der Waals surface area contributed by atoms with E-state index in [0.717, 1.165) is 27.4 Å². The van der Waals surface area contributed by atoms with Gasteiger partial charge >= 0.3 is 0 Å². The van der Waals surface area contributed by atoms with Crippen molar-refractivity contribution in [3.05, 3.63) is 82.6 Å². The zero-order valence-corrected chi connectivity index (χ0v) is 22.8. The summed E-state index contributed by atoms with van der Waals surface area (Å²) in [7, 11) is 3.20. The number of amides is 2. The Morgan fingerprint density at radius 3 is 2.55 bits per heavy atom. The highest BCUT2D eigenvalue weighted by atomic mass is 32.2. The lowest BCUT2D eigenvalue weighted by atomic mass is 10.0.